The third-order valence-corrected chi connectivity index (χ3v) is 4.80. The van der Waals surface area contributed by atoms with Gasteiger partial charge in [-0.1, -0.05) is 66.4 Å². The molecule has 0 amide bonds. The van der Waals surface area contributed by atoms with Crippen molar-refractivity contribution >= 4 is 16.5 Å². The molecule has 124 valence electrons. The average molecular weight is 326 g/mol. The molecule has 0 bridgehead atoms. The van der Waals surface area contributed by atoms with Crippen LogP contribution in [0.5, 0.6) is 0 Å². The van der Waals surface area contributed by atoms with E-state index in [9.17, 15) is 0 Å². The number of nitrogens with one attached hydrogen (secondary N) is 1. The van der Waals surface area contributed by atoms with Gasteiger partial charge in [0.1, 0.15) is 0 Å². The third-order valence-electron chi connectivity index (χ3n) is 4.80. The highest BCUT2D eigenvalue weighted by Crippen LogP contribution is 2.22. The van der Waals surface area contributed by atoms with Crippen LogP contribution in [0, 0.1) is 11.8 Å². The monoisotopic (exact) mass is 326 g/mol. The van der Waals surface area contributed by atoms with E-state index < -0.39 is 0 Å². The average Bonchev–Trinajstić information content (AvgIpc) is 3.10. The van der Waals surface area contributed by atoms with Crippen molar-refractivity contribution in [3.8, 4) is 11.8 Å². The van der Waals surface area contributed by atoms with Gasteiger partial charge in [0.25, 0.3) is 0 Å². The van der Waals surface area contributed by atoms with Gasteiger partial charge in [-0.2, -0.15) is 0 Å². The Bertz CT molecular complexity index is 938. The van der Waals surface area contributed by atoms with Crippen molar-refractivity contribution in [2.45, 2.75) is 12.8 Å². The van der Waals surface area contributed by atoms with Crippen molar-refractivity contribution in [1.29, 1.82) is 0 Å². The van der Waals surface area contributed by atoms with E-state index in [1.807, 2.05) is 12.3 Å². The Kier molecular flexibility index (Phi) is 4.68. The fourth-order valence-corrected chi connectivity index (χ4v) is 3.38. The Balaban J connectivity index is 1.33. The second-order valence-corrected chi connectivity index (χ2v) is 6.45. The van der Waals surface area contributed by atoms with E-state index in [1.165, 1.54) is 16.5 Å². The van der Waals surface area contributed by atoms with Gasteiger partial charge in [0.2, 0.25) is 0 Å². The van der Waals surface area contributed by atoms with Crippen LogP contribution in [0.3, 0.4) is 0 Å². The summed E-state index contributed by atoms with van der Waals surface area (Å²) < 4.78 is 0. The standard InChI is InChI=1S/C23H22N2/c1-2-8-19(9-3-1)20-13-16-25(17-14-20)15-7-6-10-21-18-24-23-12-5-4-11-22(21)23/h1-5,8-9,11-13,18,24H,7,14-17H2. The van der Waals surface area contributed by atoms with Crippen molar-refractivity contribution in [2.75, 3.05) is 19.6 Å². The van der Waals surface area contributed by atoms with Gasteiger partial charge in [0.15, 0.2) is 0 Å². The largest absolute Gasteiger partial charge is 0.360 e. The molecule has 0 radical (unpaired) electrons. The molecule has 0 saturated carbocycles. The minimum Gasteiger partial charge on any atom is -0.360 e. The molecule has 2 nitrogen and oxygen atoms in total. The lowest BCUT2D eigenvalue weighted by atomic mass is 9.99. The number of hydrogen-bond acceptors (Lipinski definition) is 1. The molecule has 4 rings (SSSR count). The summed E-state index contributed by atoms with van der Waals surface area (Å²) in [6, 6.07) is 19.0. The van der Waals surface area contributed by atoms with Crippen LogP contribution in [-0.2, 0) is 0 Å². The minimum absolute atomic E-state index is 0.911. The molecule has 0 aliphatic carbocycles. The summed E-state index contributed by atoms with van der Waals surface area (Å²) in [4.78, 5) is 5.76. The van der Waals surface area contributed by atoms with Crippen molar-refractivity contribution < 1.29 is 0 Å². The van der Waals surface area contributed by atoms with Gasteiger partial charge in [-0.05, 0) is 23.6 Å². The zero-order chi connectivity index (χ0) is 16.9. The van der Waals surface area contributed by atoms with Crippen LogP contribution in [-0.4, -0.2) is 29.5 Å². The second kappa shape index (κ2) is 7.42. The summed E-state index contributed by atoms with van der Waals surface area (Å²) in [6.07, 6.45) is 6.41. The van der Waals surface area contributed by atoms with E-state index in [2.05, 4.69) is 76.3 Å². The molecule has 2 heteroatoms. The van der Waals surface area contributed by atoms with Gasteiger partial charge >= 0.3 is 0 Å². The van der Waals surface area contributed by atoms with E-state index >= 15 is 0 Å². The van der Waals surface area contributed by atoms with Crippen LogP contribution in [0.25, 0.3) is 16.5 Å². The SMILES string of the molecule is C(#Cc1c[nH]c2ccccc12)CCN1CC=C(c2ccccc2)CC1. The van der Waals surface area contributed by atoms with Gasteiger partial charge in [0, 0.05) is 48.7 Å². The third kappa shape index (κ3) is 3.68. The van der Waals surface area contributed by atoms with Crippen molar-refractivity contribution in [1.82, 2.24) is 9.88 Å². The van der Waals surface area contributed by atoms with Crippen LogP contribution in [0.1, 0.15) is 24.0 Å². The lowest BCUT2D eigenvalue weighted by Crippen LogP contribution is -2.29. The molecule has 0 saturated heterocycles. The van der Waals surface area contributed by atoms with Gasteiger partial charge in [0.05, 0.1) is 0 Å². The Morgan fingerprint density at radius 3 is 2.68 bits per heavy atom. The lowest BCUT2D eigenvalue weighted by molar-refractivity contribution is 0.309. The number of hydrogen-bond donors (Lipinski definition) is 1. The van der Waals surface area contributed by atoms with E-state index in [4.69, 9.17) is 0 Å². The van der Waals surface area contributed by atoms with Crippen molar-refractivity contribution in [3.05, 3.63) is 78.0 Å². The Morgan fingerprint density at radius 1 is 1.00 bits per heavy atom. The van der Waals surface area contributed by atoms with Crippen LogP contribution in [0.2, 0.25) is 0 Å². The fourth-order valence-electron chi connectivity index (χ4n) is 3.38. The first-order valence-corrected chi connectivity index (χ1v) is 8.92. The number of para-hydroxylation sites is 1. The number of benzene rings is 2. The number of H-pyrrole nitrogens is 1. The molecule has 25 heavy (non-hydrogen) atoms. The Hall–Kier alpha value is -2.76. The van der Waals surface area contributed by atoms with Gasteiger partial charge in [-0.3, -0.25) is 4.90 Å². The molecular weight excluding hydrogens is 304 g/mol. The predicted octanol–water partition coefficient (Wildman–Crippen LogP) is 4.70. The summed E-state index contributed by atoms with van der Waals surface area (Å²) >= 11 is 0. The Morgan fingerprint density at radius 2 is 1.84 bits per heavy atom. The quantitative estimate of drug-likeness (QED) is 0.691. The van der Waals surface area contributed by atoms with E-state index in [0.717, 1.165) is 43.6 Å². The van der Waals surface area contributed by atoms with Gasteiger partial charge in [-0.25, -0.2) is 0 Å². The van der Waals surface area contributed by atoms with Gasteiger partial charge < -0.3 is 4.98 Å². The molecular formula is C23H22N2. The van der Waals surface area contributed by atoms with E-state index in [0.29, 0.717) is 0 Å². The highest BCUT2D eigenvalue weighted by molar-refractivity contribution is 5.85. The lowest BCUT2D eigenvalue weighted by Gasteiger charge is -2.25. The molecule has 0 fully saturated rings. The van der Waals surface area contributed by atoms with Crippen LogP contribution in [0.15, 0.2) is 66.9 Å². The smallest absolute Gasteiger partial charge is 0.0498 e. The van der Waals surface area contributed by atoms with Crippen LogP contribution < -0.4 is 0 Å². The molecule has 0 unspecified atom stereocenters. The Labute approximate surface area is 149 Å². The fraction of sp³-hybridized carbons (Fsp3) is 0.217. The molecule has 2 aromatic carbocycles. The highest BCUT2D eigenvalue weighted by Gasteiger charge is 2.11. The zero-order valence-corrected chi connectivity index (χ0v) is 14.3. The maximum absolute atomic E-state index is 3.34. The topological polar surface area (TPSA) is 19.0 Å². The molecule has 1 aromatic heterocycles. The molecule has 2 heterocycles. The van der Waals surface area contributed by atoms with Crippen molar-refractivity contribution in [2.24, 2.45) is 0 Å². The van der Waals surface area contributed by atoms with Gasteiger partial charge in [-0.15, -0.1) is 0 Å². The molecule has 0 spiro atoms. The zero-order valence-electron chi connectivity index (χ0n) is 14.3. The first kappa shape index (κ1) is 15.7. The predicted molar refractivity (Wildman–Crippen MR) is 105 cm³/mol. The summed E-state index contributed by atoms with van der Waals surface area (Å²) in [6.45, 7) is 3.18. The van der Waals surface area contributed by atoms with Crippen LogP contribution in [0.4, 0.5) is 0 Å². The summed E-state index contributed by atoms with van der Waals surface area (Å²) in [5, 5.41) is 1.21. The number of aromatic amines is 1. The number of fused-ring (bicyclic) bond motifs is 1. The molecule has 1 aliphatic rings. The van der Waals surface area contributed by atoms with Crippen molar-refractivity contribution in [3.63, 3.8) is 0 Å². The second-order valence-electron chi connectivity index (χ2n) is 6.45. The van der Waals surface area contributed by atoms with E-state index in [-0.39, 0.29) is 0 Å². The normalized spacial score (nSPS) is 14.8. The number of rotatable bonds is 3. The highest BCUT2D eigenvalue weighted by atomic mass is 15.1. The molecule has 1 aliphatic heterocycles. The number of nitrogens with zero attached hydrogens (tertiary/aromatic N) is 1. The summed E-state index contributed by atoms with van der Waals surface area (Å²) in [5.74, 6) is 6.66. The number of aromatic nitrogens is 1. The summed E-state index contributed by atoms with van der Waals surface area (Å²) in [5.41, 5.74) is 5.09. The summed E-state index contributed by atoms with van der Waals surface area (Å²) in [7, 11) is 0. The molecule has 0 atom stereocenters. The maximum atomic E-state index is 3.34. The first-order valence-electron chi connectivity index (χ1n) is 8.92. The van der Waals surface area contributed by atoms with E-state index in [1.54, 1.807) is 0 Å². The first-order chi connectivity index (χ1) is 12.4. The maximum Gasteiger partial charge on any atom is 0.0498 e. The molecule has 1 N–H and O–H groups in total. The van der Waals surface area contributed by atoms with Crippen LogP contribution >= 0.6 is 0 Å². The minimum atomic E-state index is 0.911. The molecule has 3 aromatic rings.